The minimum absolute atomic E-state index is 0.375. The quantitative estimate of drug-likeness (QED) is 0.487. The molecule has 41 valence electrons. The molecule has 0 bridgehead atoms. The molecule has 0 nitrogen and oxygen atoms in total. The van der Waals surface area contributed by atoms with E-state index in [4.69, 9.17) is 11.6 Å². The second kappa shape index (κ2) is 2.04. The van der Waals surface area contributed by atoms with Crippen molar-refractivity contribution in [1.29, 1.82) is 0 Å². The van der Waals surface area contributed by atoms with E-state index >= 15 is 0 Å². The lowest BCUT2D eigenvalue weighted by molar-refractivity contribution is 0.751. The van der Waals surface area contributed by atoms with Crippen LogP contribution in [0.3, 0.4) is 0 Å². The van der Waals surface area contributed by atoms with Crippen LogP contribution in [0.5, 0.6) is 0 Å². The van der Waals surface area contributed by atoms with Gasteiger partial charge in [0.1, 0.15) is 0 Å². The number of hydrogen-bond acceptors (Lipinski definition) is 0. The van der Waals surface area contributed by atoms with Crippen LogP contribution < -0.4 is 0 Å². The van der Waals surface area contributed by atoms with E-state index in [1.165, 1.54) is 12.8 Å². The Balaban J connectivity index is 2.10. The molecule has 1 aliphatic rings. The van der Waals surface area contributed by atoms with E-state index in [-0.39, 0.29) is 0 Å². The van der Waals surface area contributed by atoms with Gasteiger partial charge in [-0.25, -0.2) is 0 Å². The predicted molar refractivity (Wildman–Crippen MR) is 32.3 cm³/mol. The fourth-order valence-corrected chi connectivity index (χ4v) is 0.946. The highest BCUT2D eigenvalue weighted by molar-refractivity contribution is 6.21. The number of rotatable bonds is 2. The molecule has 1 unspecified atom stereocenters. The molecular weight excluding hydrogens is 108 g/mol. The van der Waals surface area contributed by atoms with Crippen molar-refractivity contribution in [2.45, 2.75) is 24.6 Å². The van der Waals surface area contributed by atoms with Crippen LogP contribution in [0.25, 0.3) is 0 Å². The molecule has 1 atom stereocenters. The predicted octanol–water partition coefficient (Wildman–Crippen LogP) is 2.23. The van der Waals surface area contributed by atoms with Gasteiger partial charge in [0.15, 0.2) is 0 Å². The average Bonchev–Trinajstić information content (AvgIpc) is 2.44. The Labute approximate surface area is 49.9 Å². The van der Waals surface area contributed by atoms with Crippen LogP contribution in [-0.2, 0) is 0 Å². The molecule has 0 N–H and O–H groups in total. The Morgan fingerprint density at radius 1 is 1.71 bits per heavy atom. The molecule has 1 radical (unpaired) electrons. The molecule has 0 aromatic heterocycles. The van der Waals surface area contributed by atoms with Gasteiger partial charge in [0.25, 0.3) is 0 Å². The van der Waals surface area contributed by atoms with Gasteiger partial charge in [0.2, 0.25) is 0 Å². The maximum absolute atomic E-state index is 5.80. The molecule has 0 amide bonds. The molecule has 1 heteroatoms. The lowest BCUT2D eigenvalue weighted by atomic mass is 10.2. The van der Waals surface area contributed by atoms with Crippen LogP contribution in [0.2, 0.25) is 0 Å². The van der Waals surface area contributed by atoms with Crippen molar-refractivity contribution in [1.82, 2.24) is 0 Å². The molecule has 0 aromatic rings. The Kier molecular flexibility index (Phi) is 1.58. The summed E-state index contributed by atoms with van der Waals surface area (Å²) in [6.45, 7) is 3.71. The van der Waals surface area contributed by atoms with Gasteiger partial charge in [-0.15, -0.1) is 11.6 Å². The standard InChI is InChI=1S/C6H10Cl/c1-2-6(7)5-3-4-5/h5-6H,1-4H2. The van der Waals surface area contributed by atoms with Crippen molar-refractivity contribution in [3.8, 4) is 0 Å². The zero-order valence-corrected chi connectivity index (χ0v) is 5.12. The highest BCUT2D eigenvalue weighted by Gasteiger charge is 2.27. The Morgan fingerprint density at radius 3 is 2.43 bits per heavy atom. The Morgan fingerprint density at radius 2 is 2.29 bits per heavy atom. The summed E-state index contributed by atoms with van der Waals surface area (Å²) in [6, 6.07) is 0. The minimum atomic E-state index is 0.375. The third-order valence-corrected chi connectivity index (χ3v) is 1.98. The van der Waals surface area contributed by atoms with Crippen molar-refractivity contribution in [2.24, 2.45) is 5.92 Å². The van der Waals surface area contributed by atoms with Crippen molar-refractivity contribution < 1.29 is 0 Å². The van der Waals surface area contributed by atoms with E-state index in [1.807, 2.05) is 0 Å². The van der Waals surface area contributed by atoms with E-state index in [0.717, 1.165) is 12.3 Å². The highest BCUT2D eigenvalue weighted by atomic mass is 35.5. The summed E-state index contributed by atoms with van der Waals surface area (Å²) < 4.78 is 0. The van der Waals surface area contributed by atoms with Gasteiger partial charge in [-0.3, -0.25) is 0 Å². The summed E-state index contributed by atoms with van der Waals surface area (Å²) >= 11 is 5.80. The third-order valence-electron chi connectivity index (χ3n) is 1.41. The Hall–Kier alpha value is 0.290. The molecule has 1 saturated carbocycles. The van der Waals surface area contributed by atoms with Crippen LogP contribution in [-0.4, -0.2) is 5.38 Å². The number of hydrogen-bond donors (Lipinski definition) is 0. The van der Waals surface area contributed by atoms with Crippen molar-refractivity contribution in [2.75, 3.05) is 0 Å². The van der Waals surface area contributed by atoms with Crippen LogP contribution in [0.15, 0.2) is 0 Å². The normalized spacial score (nSPS) is 24.9. The number of halogens is 1. The molecule has 0 saturated heterocycles. The third kappa shape index (κ3) is 1.34. The summed E-state index contributed by atoms with van der Waals surface area (Å²) in [5.41, 5.74) is 0. The summed E-state index contributed by atoms with van der Waals surface area (Å²) in [6.07, 6.45) is 3.57. The lowest BCUT2D eigenvalue weighted by Gasteiger charge is -1.98. The smallest absolute Gasteiger partial charge is 0.0364 e. The Bertz CT molecular complexity index is 57.2. The zero-order valence-electron chi connectivity index (χ0n) is 4.36. The van der Waals surface area contributed by atoms with Crippen LogP contribution >= 0.6 is 11.6 Å². The van der Waals surface area contributed by atoms with Crippen molar-refractivity contribution in [3.63, 3.8) is 0 Å². The van der Waals surface area contributed by atoms with E-state index in [9.17, 15) is 0 Å². The molecule has 7 heavy (non-hydrogen) atoms. The molecule has 0 heterocycles. The molecule has 1 aliphatic carbocycles. The van der Waals surface area contributed by atoms with Gasteiger partial charge >= 0.3 is 0 Å². The topological polar surface area (TPSA) is 0 Å². The maximum atomic E-state index is 5.80. The molecule has 1 rings (SSSR count). The van der Waals surface area contributed by atoms with Gasteiger partial charge in [0, 0.05) is 5.38 Å². The van der Waals surface area contributed by atoms with Gasteiger partial charge < -0.3 is 0 Å². The van der Waals surface area contributed by atoms with Crippen LogP contribution in [0.1, 0.15) is 19.3 Å². The zero-order chi connectivity index (χ0) is 5.28. The average molecular weight is 118 g/mol. The monoisotopic (exact) mass is 117 g/mol. The largest absolute Gasteiger partial charge is 0.123 e. The molecular formula is C6H10Cl. The molecule has 0 spiro atoms. The second-order valence-electron chi connectivity index (χ2n) is 2.14. The first-order valence-corrected chi connectivity index (χ1v) is 3.21. The first-order chi connectivity index (χ1) is 3.34. The number of alkyl halides is 1. The molecule has 0 aliphatic heterocycles. The summed E-state index contributed by atoms with van der Waals surface area (Å²) in [4.78, 5) is 0. The van der Waals surface area contributed by atoms with Gasteiger partial charge in [-0.2, -0.15) is 0 Å². The van der Waals surface area contributed by atoms with E-state index in [1.54, 1.807) is 0 Å². The second-order valence-corrected chi connectivity index (χ2v) is 2.70. The van der Waals surface area contributed by atoms with E-state index in [0.29, 0.717) is 5.38 Å². The van der Waals surface area contributed by atoms with E-state index < -0.39 is 0 Å². The van der Waals surface area contributed by atoms with Gasteiger partial charge in [-0.1, -0.05) is 6.92 Å². The highest BCUT2D eigenvalue weighted by Crippen LogP contribution is 2.36. The fraction of sp³-hybridized carbons (Fsp3) is 0.833. The first kappa shape index (κ1) is 5.43. The van der Waals surface area contributed by atoms with Crippen molar-refractivity contribution >= 4 is 11.6 Å². The lowest BCUT2D eigenvalue weighted by Crippen LogP contribution is -1.96. The fourth-order valence-electron chi connectivity index (χ4n) is 0.694. The molecule has 0 aromatic carbocycles. The summed E-state index contributed by atoms with van der Waals surface area (Å²) in [5.74, 6) is 0.819. The van der Waals surface area contributed by atoms with Crippen LogP contribution in [0, 0.1) is 12.8 Å². The van der Waals surface area contributed by atoms with E-state index in [2.05, 4.69) is 6.92 Å². The first-order valence-electron chi connectivity index (χ1n) is 2.78. The summed E-state index contributed by atoms with van der Waals surface area (Å²) in [5, 5.41) is 0.375. The van der Waals surface area contributed by atoms with Gasteiger partial charge in [0.05, 0.1) is 0 Å². The maximum Gasteiger partial charge on any atom is 0.0364 e. The van der Waals surface area contributed by atoms with Crippen molar-refractivity contribution in [3.05, 3.63) is 6.92 Å². The SMILES string of the molecule is [CH2]CC(Cl)C1CC1. The summed E-state index contributed by atoms with van der Waals surface area (Å²) in [7, 11) is 0. The minimum Gasteiger partial charge on any atom is -0.123 e. The van der Waals surface area contributed by atoms with Crippen LogP contribution in [0.4, 0.5) is 0 Å². The van der Waals surface area contributed by atoms with Gasteiger partial charge in [-0.05, 0) is 25.2 Å². The molecule has 1 fully saturated rings.